The molecule has 1 unspecified atom stereocenters. The van der Waals surface area contributed by atoms with E-state index in [2.05, 4.69) is 15.6 Å². The summed E-state index contributed by atoms with van der Waals surface area (Å²) in [5, 5.41) is 15.0. The van der Waals surface area contributed by atoms with Crippen molar-refractivity contribution in [2.75, 3.05) is 20.1 Å². The van der Waals surface area contributed by atoms with Crippen LogP contribution >= 0.6 is 0 Å². The molecule has 1 rings (SSSR count). The number of nitrogens with zero attached hydrogens (tertiary/aromatic N) is 1. The lowest BCUT2D eigenvalue weighted by Crippen LogP contribution is -2.32. The summed E-state index contributed by atoms with van der Waals surface area (Å²) in [6, 6.07) is 1.39. The predicted molar refractivity (Wildman–Crippen MR) is 61.3 cm³/mol. The highest BCUT2D eigenvalue weighted by Gasteiger charge is 2.08. The fourth-order valence-corrected chi connectivity index (χ4v) is 1.34. The maximum absolute atomic E-state index is 11.6. The molecule has 0 aromatic carbocycles. The van der Waals surface area contributed by atoms with Gasteiger partial charge in [0.25, 0.3) is 5.91 Å². The van der Waals surface area contributed by atoms with Crippen LogP contribution < -0.4 is 10.6 Å². The van der Waals surface area contributed by atoms with E-state index < -0.39 is 0 Å². The van der Waals surface area contributed by atoms with Gasteiger partial charge >= 0.3 is 0 Å². The third-order valence-corrected chi connectivity index (χ3v) is 2.15. The van der Waals surface area contributed by atoms with E-state index in [0.717, 1.165) is 6.54 Å². The molecule has 0 saturated carbocycles. The van der Waals surface area contributed by atoms with Crippen molar-refractivity contribution < 1.29 is 9.90 Å². The highest BCUT2D eigenvalue weighted by Crippen LogP contribution is 2.08. The van der Waals surface area contributed by atoms with E-state index >= 15 is 0 Å². The van der Waals surface area contributed by atoms with Gasteiger partial charge in [-0.15, -0.1) is 0 Å². The fraction of sp³-hybridized carbons (Fsp3) is 0.455. The molecule has 0 saturated heterocycles. The van der Waals surface area contributed by atoms with E-state index in [1.165, 1.54) is 18.5 Å². The summed E-state index contributed by atoms with van der Waals surface area (Å²) in [5.41, 5.74) is 0.372. The molecule has 0 bridgehead atoms. The van der Waals surface area contributed by atoms with E-state index in [1.54, 1.807) is 0 Å². The molecule has 0 fully saturated rings. The van der Waals surface area contributed by atoms with Crippen molar-refractivity contribution in [1.29, 1.82) is 0 Å². The van der Waals surface area contributed by atoms with Gasteiger partial charge in [-0.25, -0.2) is 0 Å². The predicted octanol–water partition coefficient (Wildman–Crippen LogP) is 0.372. The minimum absolute atomic E-state index is 0.00377. The topological polar surface area (TPSA) is 74.2 Å². The molecule has 1 aromatic rings. The first-order chi connectivity index (χ1) is 7.63. The molecular formula is C11H17N3O2. The third-order valence-electron chi connectivity index (χ3n) is 2.15. The summed E-state index contributed by atoms with van der Waals surface area (Å²) < 4.78 is 0. The van der Waals surface area contributed by atoms with Crippen molar-refractivity contribution in [2.24, 2.45) is 5.92 Å². The van der Waals surface area contributed by atoms with Gasteiger partial charge in [0.2, 0.25) is 0 Å². The largest absolute Gasteiger partial charge is 0.506 e. The second kappa shape index (κ2) is 6.07. The van der Waals surface area contributed by atoms with Crippen LogP contribution in [0.25, 0.3) is 0 Å². The van der Waals surface area contributed by atoms with Crippen LogP contribution in [0.2, 0.25) is 0 Å². The Balaban J connectivity index is 2.47. The Morgan fingerprint density at radius 1 is 1.50 bits per heavy atom. The minimum atomic E-state index is -0.216. The summed E-state index contributed by atoms with van der Waals surface area (Å²) >= 11 is 0. The summed E-state index contributed by atoms with van der Waals surface area (Å²) in [6.07, 6.45) is 2.72. The van der Waals surface area contributed by atoms with E-state index in [1.807, 2.05) is 14.0 Å². The van der Waals surface area contributed by atoms with Crippen molar-refractivity contribution in [3.63, 3.8) is 0 Å². The number of aromatic nitrogens is 1. The Morgan fingerprint density at radius 3 is 2.88 bits per heavy atom. The summed E-state index contributed by atoms with van der Waals surface area (Å²) in [5.74, 6) is 0.140. The van der Waals surface area contributed by atoms with E-state index in [-0.39, 0.29) is 11.7 Å². The molecule has 1 amide bonds. The first-order valence-corrected chi connectivity index (χ1v) is 5.20. The molecule has 5 heteroatoms. The normalized spacial score (nSPS) is 12.1. The lowest BCUT2D eigenvalue weighted by Gasteiger charge is -2.11. The molecule has 0 radical (unpaired) electrons. The standard InChI is InChI=1S/C11H17N3O2/c1-8(4-12-2)5-14-11(16)9-3-10(15)7-13-6-9/h3,6-8,12,15H,4-5H2,1-2H3,(H,14,16). The van der Waals surface area contributed by atoms with Crippen LogP contribution in [0.3, 0.4) is 0 Å². The van der Waals surface area contributed by atoms with Crippen LogP contribution in [-0.2, 0) is 0 Å². The van der Waals surface area contributed by atoms with Crippen molar-refractivity contribution in [3.8, 4) is 5.75 Å². The number of carbonyl (C=O) groups excluding carboxylic acids is 1. The van der Waals surface area contributed by atoms with Crippen molar-refractivity contribution >= 4 is 5.91 Å². The highest BCUT2D eigenvalue weighted by molar-refractivity contribution is 5.94. The lowest BCUT2D eigenvalue weighted by atomic mass is 10.1. The van der Waals surface area contributed by atoms with Crippen LogP contribution in [0.5, 0.6) is 5.75 Å². The molecule has 1 heterocycles. The highest BCUT2D eigenvalue weighted by atomic mass is 16.3. The van der Waals surface area contributed by atoms with Gasteiger partial charge in [0.15, 0.2) is 0 Å². The lowest BCUT2D eigenvalue weighted by molar-refractivity contribution is 0.0947. The van der Waals surface area contributed by atoms with Crippen LogP contribution in [0, 0.1) is 5.92 Å². The third kappa shape index (κ3) is 3.86. The molecule has 88 valence electrons. The van der Waals surface area contributed by atoms with Gasteiger partial charge in [-0.05, 0) is 25.6 Å². The van der Waals surface area contributed by atoms with Gasteiger partial charge in [0.1, 0.15) is 5.75 Å². The van der Waals surface area contributed by atoms with Gasteiger partial charge in [0, 0.05) is 12.7 Å². The Labute approximate surface area is 94.9 Å². The Bertz CT molecular complexity index is 355. The average molecular weight is 223 g/mol. The summed E-state index contributed by atoms with van der Waals surface area (Å²) in [6.45, 7) is 3.48. The van der Waals surface area contributed by atoms with Gasteiger partial charge in [-0.3, -0.25) is 9.78 Å². The molecule has 5 nitrogen and oxygen atoms in total. The average Bonchev–Trinajstić information content (AvgIpc) is 2.26. The van der Waals surface area contributed by atoms with Crippen molar-refractivity contribution in [2.45, 2.75) is 6.92 Å². The molecular weight excluding hydrogens is 206 g/mol. The SMILES string of the molecule is CNCC(C)CNC(=O)c1cncc(O)c1. The second-order valence-corrected chi connectivity index (χ2v) is 3.80. The number of rotatable bonds is 5. The monoisotopic (exact) mass is 223 g/mol. The number of amides is 1. The zero-order chi connectivity index (χ0) is 12.0. The number of nitrogens with one attached hydrogen (secondary N) is 2. The first kappa shape index (κ1) is 12.4. The van der Waals surface area contributed by atoms with Crippen LogP contribution in [-0.4, -0.2) is 36.1 Å². The smallest absolute Gasteiger partial charge is 0.252 e. The molecule has 0 spiro atoms. The zero-order valence-corrected chi connectivity index (χ0v) is 9.53. The zero-order valence-electron chi connectivity index (χ0n) is 9.53. The van der Waals surface area contributed by atoms with E-state index in [0.29, 0.717) is 18.0 Å². The van der Waals surface area contributed by atoms with Gasteiger partial charge in [-0.1, -0.05) is 6.92 Å². The maximum Gasteiger partial charge on any atom is 0.252 e. The Morgan fingerprint density at radius 2 is 2.25 bits per heavy atom. The molecule has 16 heavy (non-hydrogen) atoms. The van der Waals surface area contributed by atoms with Gasteiger partial charge in [-0.2, -0.15) is 0 Å². The van der Waals surface area contributed by atoms with Crippen LogP contribution in [0.15, 0.2) is 18.5 Å². The minimum Gasteiger partial charge on any atom is -0.506 e. The Hall–Kier alpha value is -1.62. The summed E-state index contributed by atoms with van der Waals surface area (Å²) in [7, 11) is 1.87. The second-order valence-electron chi connectivity index (χ2n) is 3.80. The summed E-state index contributed by atoms with van der Waals surface area (Å²) in [4.78, 5) is 15.4. The van der Waals surface area contributed by atoms with Gasteiger partial charge in [0.05, 0.1) is 11.8 Å². The number of aromatic hydroxyl groups is 1. The van der Waals surface area contributed by atoms with Crippen molar-refractivity contribution in [3.05, 3.63) is 24.0 Å². The Kier molecular flexibility index (Phi) is 4.72. The first-order valence-electron chi connectivity index (χ1n) is 5.20. The molecule has 0 aliphatic rings. The maximum atomic E-state index is 11.6. The molecule has 0 aliphatic heterocycles. The molecule has 3 N–H and O–H groups in total. The van der Waals surface area contributed by atoms with Crippen molar-refractivity contribution in [1.82, 2.24) is 15.6 Å². The molecule has 1 aromatic heterocycles. The number of carbonyl (C=O) groups is 1. The van der Waals surface area contributed by atoms with E-state index in [9.17, 15) is 9.90 Å². The number of hydrogen-bond donors (Lipinski definition) is 3. The number of pyridine rings is 1. The number of hydrogen-bond acceptors (Lipinski definition) is 4. The van der Waals surface area contributed by atoms with Crippen LogP contribution in [0.1, 0.15) is 17.3 Å². The fourth-order valence-electron chi connectivity index (χ4n) is 1.34. The van der Waals surface area contributed by atoms with Crippen LogP contribution in [0.4, 0.5) is 0 Å². The quantitative estimate of drug-likeness (QED) is 0.674. The molecule has 0 aliphatic carbocycles. The van der Waals surface area contributed by atoms with E-state index in [4.69, 9.17) is 0 Å². The van der Waals surface area contributed by atoms with Gasteiger partial charge < -0.3 is 15.7 Å². The molecule has 1 atom stereocenters.